The van der Waals surface area contributed by atoms with Crippen LogP contribution in [0.5, 0.6) is 5.75 Å². The van der Waals surface area contributed by atoms with Crippen LogP contribution in [0, 0.1) is 0 Å². The zero-order valence-corrected chi connectivity index (χ0v) is 10.8. The lowest BCUT2D eigenvalue weighted by Gasteiger charge is -2.09. The fourth-order valence-electron chi connectivity index (χ4n) is 1.83. The van der Waals surface area contributed by atoms with Crippen LogP contribution in [0.15, 0.2) is 48.5 Å². The lowest BCUT2D eigenvalue weighted by Crippen LogP contribution is -2.02. The van der Waals surface area contributed by atoms with Crippen LogP contribution in [-0.2, 0) is 4.79 Å². The number of rotatable bonds is 3. The topological polar surface area (TPSA) is 43.4 Å². The average molecular weight is 254 g/mol. The number of benzene rings is 2. The van der Waals surface area contributed by atoms with E-state index in [1.807, 2.05) is 30.3 Å². The van der Waals surface area contributed by atoms with Gasteiger partial charge in [0.2, 0.25) is 0 Å². The maximum absolute atomic E-state index is 11.2. The number of para-hydroxylation sites is 1. The first-order chi connectivity index (χ1) is 9.08. The van der Waals surface area contributed by atoms with E-state index in [4.69, 9.17) is 4.74 Å². The number of hydrogen-bond donors (Lipinski definition) is 0. The van der Waals surface area contributed by atoms with E-state index in [-0.39, 0.29) is 11.8 Å². The third-order valence-corrected chi connectivity index (χ3v) is 2.74. The van der Waals surface area contributed by atoms with Crippen molar-refractivity contribution in [1.82, 2.24) is 0 Å². The molecule has 0 atom stereocenters. The molecule has 0 aromatic heterocycles. The number of carbonyl (C=O) groups is 2. The van der Waals surface area contributed by atoms with Gasteiger partial charge in [-0.15, -0.1) is 0 Å². The minimum atomic E-state index is -0.354. The van der Waals surface area contributed by atoms with Gasteiger partial charge in [-0.1, -0.05) is 42.5 Å². The number of Topliss-reactive ketones (excluding diaryl/α,β-unsaturated/α-hetero) is 1. The number of carbonyl (C=O) groups excluding carboxylic acids is 2. The normalized spacial score (nSPS) is 10.0. The summed E-state index contributed by atoms with van der Waals surface area (Å²) in [6.07, 6.45) is 0. The third kappa shape index (κ3) is 3.07. The molecule has 0 aliphatic heterocycles. The van der Waals surface area contributed by atoms with Crippen LogP contribution in [0.2, 0.25) is 0 Å². The molecule has 0 aliphatic carbocycles. The molecule has 0 aliphatic rings. The number of ether oxygens (including phenoxy) is 1. The van der Waals surface area contributed by atoms with Gasteiger partial charge in [0.05, 0.1) is 0 Å². The van der Waals surface area contributed by atoms with Crippen molar-refractivity contribution in [2.45, 2.75) is 13.8 Å². The van der Waals surface area contributed by atoms with Gasteiger partial charge in [0, 0.05) is 18.1 Å². The summed E-state index contributed by atoms with van der Waals surface area (Å²) in [6.45, 7) is 2.90. The maximum atomic E-state index is 11.2. The summed E-state index contributed by atoms with van der Waals surface area (Å²) in [7, 11) is 0. The molecule has 2 aromatic carbocycles. The summed E-state index contributed by atoms with van der Waals surface area (Å²) in [5.41, 5.74) is 2.39. The van der Waals surface area contributed by atoms with Crippen molar-refractivity contribution in [3.63, 3.8) is 0 Å². The molecule has 0 radical (unpaired) electrons. The van der Waals surface area contributed by atoms with Crippen molar-refractivity contribution >= 4 is 11.8 Å². The summed E-state index contributed by atoms with van der Waals surface area (Å²) >= 11 is 0. The first-order valence-electron chi connectivity index (χ1n) is 5.97. The highest BCUT2D eigenvalue weighted by atomic mass is 16.5. The molecule has 0 bridgehead atoms. The first kappa shape index (κ1) is 13.0. The largest absolute Gasteiger partial charge is 0.426 e. The summed E-state index contributed by atoms with van der Waals surface area (Å²) in [5.74, 6) is 0.193. The fraction of sp³-hybridized carbons (Fsp3) is 0.125. The molecule has 0 spiro atoms. The van der Waals surface area contributed by atoms with E-state index < -0.39 is 0 Å². The van der Waals surface area contributed by atoms with Gasteiger partial charge in [0.25, 0.3) is 0 Å². The molecule has 0 amide bonds. The van der Waals surface area contributed by atoms with Crippen LogP contribution < -0.4 is 4.74 Å². The summed E-state index contributed by atoms with van der Waals surface area (Å²) in [6, 6.07) is 14.5. The van der Waals surface area contributed by atoms with Crippen LogP contribution >= 0.6 is 0 Å². The molecular formula is C16H14O3. The van der Waals surface area contributed by atoms with Gasteiger partial charge in [0.15, 0.2) is 5.78 Å². The quantitative estimate of drug-likeness (QED) is 0.478. The highest BCUT2D eigenvalue weighted by Gasteiger charge is 2.08. The molecule has 3 nitrogen and oxygen atoms in total. The Morgan fingerprint density at radius 1 is 0.895 bits per heavy atom. The second-order valence-electron chi connectivity index (χ2n) is 4.22. The van der Waals surface area contributed by atoms with Crippen molar-refractivity contribution in [2.75, 3.05) is 0 Å². The van der Waals surface area contributed by atoms with Gasteiger partial charge >= 0.3 is 5.97 Å². The highest BCUT2D eigenvalue weighted by Crippen LogP contribution is 2.30. The maximum Gasteiger partial charge on any atom is 0.308 e. The van der Waals surface area contributed by atoms with E-state index in [9.17, 15) is 9.59 Å². The molecule has 96 valence electrons. The van der Waals surface area contributed by atoms with Gasteiger partial charge in [0.1, 0.15) is 5.75 Å². The van der Waals surface area contributed by atoms with Crippen molar-refractivity contribution in [3.05, 3.63) is 54.1 Å². The molecule has 0 fully saturated rings. The number of hydrogen-bond acceptors (Lipinski definition) is 3. The van der Waals surface area contributed by atoms with E-state index in [2.05, 4.69) is 0 Å². The Balaban J connectivity index is 2.41. The van der Waals surface area contributed by atoms with Gasteiger partial charge in [-0.25, -0.2) is 0 Å². The Morgan fingerprint density at radius 3 is 2.11 bits per heavy atom. The zero-order valence-electron chi connectivity index (χ0n) is 10.8. The molecular weight excluding hydrogens is 240 g/mol. The molecule has 0 saturated heterocycles. The lowest BCUT2D eigenvalue weighted by atomic mass is 10.0. The Kier molecular flexibility index (Phi) is 3.76. The Hall–Kier alpha value is -2.42. The molecule has 0 saturated carbocycles. The van der Waals surface area contributed by atoms with Crippen LogP contribution in [-0.4, -0.2) is 11.8 Å². The summed E-state index contributed by atoms with van der Waals surface area (Å²) in [5, 5.41) is 0. The predicted octanol–water partition coefficient (Wildman–Crippen LogP) is 3.48. The third-order valence-electron chi connectivity index (χ3n) is 2.74. The van der Waals surface area contributed by atoms with E-state index in [0.717, 1.165) is 11.1 Å². The van der Waals surface area contributed by atoms with Gasteiger partial charge in [-0.3, -0.25) is 9.59 Å². The minimum Gasteiger partial charge on any atom is -0.426 e. The van der Waals surface area contributed by atoms with E-state index in [1.165, 1.54) is 13.8 Å². The van der Waals surface area contributed by atoms with Crippen molar-refractivity contribution < 1.29 is 14.3 Å². The smallest absolute Gasteiger partial charge is 0.308 e. The predicted molar refractivity (Wildman–Crippen MR) is 73.2 cm³/mol. The molecule has 0 unspecified atom stereocenters. The first-order valence-corrected chi connectivity index (χ1v) is 5.97. The van der Waals surface area contributed by atoms with Gasteiger partial charge in [-0.05, 0) is 18.6 Å². The van der Waals surface area contributed by atoms with E-state index in [1.54, 1.807) is 18.2 Å². The standard InChI is InChI=1S/C16H14O3/c1-11(17)13-7-9-14(10-8-13)15-5-3-4-6-16(15)19-12(2)18/h3-10H,1-2H3. The Morgan fingerprint density at radius 2 is 1.53 bits per heavy atom. The molecule has 2 aromatic rings. The van der Waals surface area contributed by atoms with Crippen molar-refractivity contribution in [1.29, 1.82) is 0 Å². The minimum absolute atomic E-state index is 0.0276. The van der Waals surface area contributed by atoms with E-state index >= 15 is 0 Å². The second-order valence-corrected chi connectivity index (χ2v) is 4.22. The second kappa shape index (κ2) is 5.48. The molecule has 19 heavy (non-hydrogen) atoms. The zero-order chi connectivity index (χ0) is 13.8. The average Bonchev–Trinajstić information content (AvgIpc) is 2.39. The summed E-state index contributed by atoms with van der Waals surface area (Å²) < 4.78 is 5.17. The lowest BCUT2D eigenvalue weighted by molar-refractivity contribution is -0.131. The highest BCUT2D eigenvalue weighted by molar-refractivity contribution is 5.94. The molecule has 2 rings (SSSR count). The van der Waals surface area contributed by atoms with Gasteiger partial charge < -0.3 is 4.74 Å². The van der Waals surface area contributed by atoms with Crippen molar-refractivity contribution in [2.24, 2.45) is 0 Å². The molecule has 0 heterocycles. The fourth-order valence-corrected chi connectivity index (χ4v) is 1.83. The summed E-state index contributed by atoms with van der Waals surface area (Å²) in [4.78, 5) is 22.3. The SMILES string of the molecule is CC(=O)Oc1ccccc1-c1ccc(C(C)=O)cc1. The van der Waals surface area contributed by atoms with Crippen LogP contribution in [0.4, 0.5) is 0 Å². The van der Waals surface area contributed by atoms with Crippen LogP contribution in [0.25, 0.3) is 11.1 Å². The Bertz CT molecular complexity index is 612. The van der Waals surface area contributed by atoms with Crippen LogP contribution in [0.3, 0.4) is 0 Å². The molecule has 3 heteroatoms. The van der Waals surface area contributed by atoms with Crippen LogP contribution in [0.1, 0.15) is 24.2 Å². The van der Waals surface area contributed by atoms with Gasteiger partial charge in [-0.2, -0.15) is 0 Å². The number of ketones is 1. The molecule has 0 N–H and O–H groups in total. The van der Waals surface area contributed by atoms with Crippen molar-refractivity contribution in [3.8, 4) is 16.9 Å². The number of esters is 1. The monoisotopic (exact) mass is 254 g/mol. The Labute approximate surface area is 111 Å². The van der Waals surface area contributed by atoms with E-state index in [0.29, 0.717) is 11.3 Å².